The summed E-state index contributed by atoms with van der Waals surface area (Å²) in [4.78, 5) is 20.2. The lowest BCUT2D eigenvalue weighted by molar-refractivity contribution is -0.138. The third-order valence-corrected chi connectivity index (χ3v) is 2.35. The van der Waals surface area contributed by atoms with Crippen molar-refractivity contribution in [3.63, 3.8) is 0 Å². The fourth-order valence-electron chi connectivity index (χ4n) is 1.22. The largest absolute Gasteiger partial charge is 0.507 e. The Kier molecular flexibility index (Phi) is 9.03. The van der Waals surface area contributed by atoms with Gasteiger partial charge in [-0.15, -0.1) is 0 Å². The summed E-state index contributed by atoms with van der Waals surface area (Å²) in [6.07, 6.45) is 2.78. The second-order valence-electron chi connectivity index (χ2n) is 3.91. The van der Waals surface area contributed by atoms with E-state index in [-0.39, 0.29) is 5.75 Å². The van der Waals surface area contributed by atoms with Crippen LogP contribution >= 0.6 is 0 Å². The molecule has 6 heteroatoms. The second kappa shape index (κ2) is 10.0. The Hall–Kier alpha value is -1.92. The fraction of sp³-hybridized carbons (Fsp3) is 0.385. The first kappa shape index (κ1) is 17.1. The number of benzene rings is 1. The molecule has 19 heavy (non-hydrogen) atoms. The molecule has 0 unspecified atom stereocenters. The van der Waals surface area contributed by atoms with Gasteiger partial charge in [-0.25, -0.2) is 0 Å². The van der Waals surface area contributed by atoms with Crippen LogP contribution in [0.5, 0.6) is 5.75 Å². The monoisotopic (exact) mass is 268 g/mol. The van der Waals surface area contributed by atoms with Crippen LogP contribution in [0, 0.1) is 0 Å². The first-order valence-electron chi connectivity index (χ1n) is 5.94. The molecule has 0 amide bonds. The number of hydrogen-bond donors (Lipinski definition) is 4. The van der Waals surface area contributed by atoms with Gasteiger partial charge >= 0.3 is 5.97 Å². The topological polar surface area (TPSA) is 127 Å². The molecule has 0 aliphatic rings. The van der Waals surface area contributed by atoms with Gasteiger partial charge in [0.1, 0.15) is 11.8 Å². The normalized spacial score (nSPS) is 11.1. The van der Waals surface area contributed by atoms with Gasteiger partial charge in [-0.2, -0.15) is 0 Å². The number of aldehydes is 1. The van der Waals surface area contributed by atoms with E-state index in [1.165, 1.54) is 6.07 Å². The van der Waals surface area contributed by atoms with Crippen molar-refractivity contribution in [1.82, 2.24) is 0 Å². The van der Waals surface area contributed by atoms with Gasteiger partial charge in [0.2, 0.25) is 0 Å². The molecule has 6 N–H and O–H groups in total. The SMILES string of the molecule is NCCCC[C@H](N)C(=O)O.O=Cc1ccccc1O. The molecule has 0 heterocycles. The number of hydrogen-bond acceptors (Lipinski definition) is 5. The van der Waals surface area contributed by atoms with Crippen molar-refractivity contribution in [2.45, 2.75) is 25.3 Å². The highest BCUT2D eigenvalue weighted by Crippen LogP contribution is 2.11. The van der Waals surface area contributed by atoms with E-state index in [0.717, 1.165) is 12.8 Å². The molecule has 0 spiro atoms. The lowest BCUT2D eigenvalue weighted by Crippen LogP contribution is -2.29. The van der Waals surface area contributed by atoms with Crippen molar-refractivity contribution >= 4 is 12.3 Å². The highest BCUT2D eigenvalue weighted by atomic mass is 16.4. The number of nitrogens with two attached hydrogens (primary N) is 2. The average Bonchev–Trinajstić information content (AvgIpc) is 2.40. The molecule has 0 saturated carbocycles. The van der Waals surface area contributed by atoms with Crippen LogP contribution in [-0.4, -0.2) is 35.1 Å². The Labute approximate surface area is 112 Å². The van der Waals surface area contributed by atoms with E-state index in [9.17, 15) is 9.59 Å². The van der Waals surface area contributed by atoms with E-state index >= 15 is 0 Å². The van der Waals surface area contributed by atoms with Crippen LogP contribution < -0.4 is 11.5 Å². The minimum Gasteiger partial charge on any atom is -0.507 e. The van der Waals surface area contributed by atoms with Crippen molar-refractivity contribution < 1.29 is 19.8 Å². The third-order valence-electron chi connectivity index (χ3n) is 2.35. The molecular weight excluding hydrogens is 248 g/mol. The minimum absolute atomic E-state index is 0.0347. The number of carboxylic acid groups (broad SMARTS) is 1. The first-order chi connectivity index (χ1) is 9.02. The molecule has 0 fully saturated rings. The standard InChI is InChI=1S/C7H6O2.C6H14N2O2/c8-5-6-3-1-2-4-7(6)9;7-4-2-1-3-5(8)6(9)10/h1-5,9H;5H,1-4,7-8H2,(H,9,10)/t;5-/m.0/s1. The van der Waals surface area contributed by atoms with Crippen molar-refractivity contribution in [1.29, 1.82) is 0 Å². The molecule has 0 aromatic heterocycles. The highest BCUT2D eigenvalue weighted by molar-refractivity contribution is 5.78. The van der Waals surface area contributed by atoms with E-state index in [2.05, 4.69) is 0 Å². The maximum atomic E-state index is 10.1. The number of unbranched alkanes of at least 4 members (excludes halogenated alkanes) is 1. The van der Waals surface area contributed by atoms with Crippen LogP contribution in [0.15, 0.2) is 24.3 Å². The van der Waals surface area contributed by atoms with E-state index in [4.69, 9.17) is 21.7 Å². The number of rotatable bonds is 6. The van der Waals surface area contributed by atoms with Gasteiger partial charge in [0, 0.05) is 0 Å². The molecule has 0 radical (unpaired) electrons. The summed E-state index contributed by atoms with van der Waals surface area (Å²) in [7, 11) is 0. The van der Waals surface area contributed by atoms with Gasteiger partial charge in [0.15, 0.2) is 6.29 Å². The Morgan fingerprint density at radius 2 is 1.95 bits per heavy atom. The highest BCUT2D eigenvalue weighted by Gasteiger charge is 2.09. The minimum atomic E-state index is -0.933. The molecule has 0 aliphatic heterocycles. The number of aromatic hydroxyl groups is 1. The van der Waals surface area contributed by atoms with Crippen molar-refractivity contribution in [3.05, 3.63) is 29.8 Å². The number of carbonyl (C=O) groups is 2. The summed E-state index contributed by atoms with van der Waals surface area (Å²) >= 11 is 0. The quantitative estimate of drug-likeness (QED) is 0.445. The smallest absolute Gasteiger partial charge is 0.320 e. The van der Waals surface area contributed by atoms with Crippen molar-refractivity contribution in [2.75, 3.05) is 6.54 Å². The average molecular weight is 268 g/mol. The van der Waals surface area contributed by atoms with Crippen molar-refractivity contribution in [2.24, 2.45) is 11.5 Å². The van der Waals surface area contributed by atoms with E-state index in [1.54, 1.807) is 18.2 Å². The number of phenolic OH excluding ortho intramolecular Hbond substituents is 1. The summed E-state index contributed by atoms with van der Waals surface area (Å²) < 4.78 is 0. The molecule has 1 aromatic rings. The molecule has 0 saturated heterocycles. The van der Waals surface area contributed by atoms with Crippen LogP contribution in [0.25, 0.3) is 0 Å². The molecular formula is C13H20N2O4. The third kappa shape index (κ3) is 7.91. The van der Waals surface area contributed by atoms with E-state index in [1.807, 2.05) is 0 Å². The van der Waals surface area contributed by atoms with Crippen LogP contribution in [0.4, 0.5) is 0 Å². The number of phenols is 1. The predicted octanol–water partition coefficient (Wildman–Crippen LogP) is 0.732. The van der Waals surface area contributed by atoms with Crippen LogP contribution in [0.3, 0.4) is 0 Å². The number of para-hydroxylation sites is 1. The second-order valence-corrected chi connectivity index (χ2v) is 3.91. The van der Waals surface area contributed by atoms with Gasteiger partial charge in [-0.1, -0.05) is 18.6 Å². The van der Waals surface area contributed by atoms with Gasteiger partial charge in [0.25, 0.3) is 0 Å². The van der Waals surface area contributed by atoms with Gasteiger partial charge < -0.3 is 21.7 Å². The zero-order valence-corrected chi connectivity index (χ0v) is 10.7. The maximum Gasteiger partial charge on any atom is 0.320 e. The zero-order chi connectivity index (χ0) is 14.7. The molecule has 6 nitrogen and oxygen atoms in total. The lowest BCUT2D eigenvalue weighted by Gasteiger charge is -2.03. The van der Waals surface area contributed by atoms with E-state index in [0.29, 0.717) is 24.8 Å². The molecule has 1 aromatic carbocycles. The molecule has 106 valence electrons. The van der Waals surface area contributed by atoms with Crippen LogP contribution in [0.2, 0.25) is 0 Å². The lowest BCUT2D eigenvalue weighted by atomic mass is 10.1. The molecule has 0 aliphatic carbocycles. The van der Waals surface area contributed by atoms with Gasteiger partial charge in [0.05, 0.1) is 5.56 Å². The Morgan fingerprint density at radius 1 is 1.32 bits per heavy atom. The van der Waals surface area contributed by atoms with Crippen molar-refractivity contribution in [3.8, 4) is 5.75 Å². The van der Waals surface area contributed by atoms with Crippen LogP contribution in [-0.2, 0) is 4.79 Å². The maximum absolute atomic E-state index is 10.1. The van der Waals surface area contributed by atoms with Gasteiger partial charge in [-0.3, -0.25) is 9.59 Å². The molecule has 1 atom stereocenters. The number of carboxylic acids is 1. The summed E-state index contributed by atoms with van der Waals surface area (Å²) in [6, 6.07) is 5.68. The van der Waals surface area contributed by atoms with E-state index < -0.39 is 12.0 Å². The zero-order valence-electron chi connectivity index (χ0n) is 10.7. The Morgan fingerprint density at radius 3 is 2.37 bits per heavy atom. The summed E-state index contributed by atoms with van der Waals surface area (Å²) in [5, 5.41) is 17.2. The summed E-state index contributed by atoms with van der Waals surface area (Å²) in [5.74, 6) is -0.899. The van der Waals surface area contributed by atoms with Crippen LogP contribution in [0.1, 0.15) is 29.6 Å². The fourth-order valence-corrected chi connectivity index (χ4v) is 1.22. The number of aliphatic carboxylic acids is 1. The predicted molar refractivity (Wildman–Crippen MR) is 72.0 cm³/mol. The Bertz CT molecular complexity index is 396. The number of carbonyl (C=O) groups excluding carboxylic acids is 1. The Balaban J connectivity index is 0.000000342. The molecule has 1 rings (SSSR count). The first-order valence-corrected chi connectivity index (χ1v) is 5.94. The summed E-state index contributed by atoms with van der Waals surface area (Å²) in [5.41, 5.74) is 10.8. The van der Waals surface area contributed by atoms with Gasteiger partial charge in [-0.05, 0) is 31.5 Å². The summed E-state index contributed by atoms with van der Waals surface area (Å²) in [6.45, 7) is 0.604. The molecule has 0 bridgehead atoms.